The maximum atomic E-state index is 12.3. The topological polar surface area (TPSA) is 110 Å². The van der Waals surface area contributed by atoms with Gasteiger partial charge in [0.2, 0.25) is 0 Å². The molecular weight excluding hydrogens is 416 g/mol. The van der Waals surface area contributed by atoms with E-state index in [0.717, 1.165) is 10.4 Å². The molecule has 2 N–H and O–H groups in total. The van der Waals surface area contributed by atoms with Gasteiger partial charge in [-0.3, -0.25) is 14.9 Å². The summed E-state index contributed by atoms with van der Waals surface area (Å²) >= 11 is 7.51. The monoisotopic (exact) mass is 428 g/mol. The van der Waals surface area contributed by atoms with Gasteiger partial charge in [0.05, 0.1) is 4.92 Å². The van der Waals surface area contributed by atoms with Crippen molar-refractivity contribution in [2.24, 2.45) is 0 Å². The lowest BCUT2D eigenvalue weighted by atomic mass is 10.2. The van der Waals surface area contributed by atoms with E-state index in [4.69, 9.17) is 11.6 Å². The van der Waals surface area contributed by atoms with Crippen molar-refractivity contribution in [3.05, 3.63) is 91.9 Å². The molecule has 3 aromatic rings. The Morgan fingerprint density at radius 3 is 2.38 bits per heavy atom. The number of thiophene rings is 1. The first-order chi connectivity index (χ1) is 13.8. The Hall–Kier alpha value is -3.49. The van der Waals surface area contributed by atoms with Crippen LogP contribution in [-0.4, -0.2) is 21.9 Å². The maximum Gasteiger partial charge on any atom is 0.352 e. The summed E-state index contributed by atoms with van der Waals surface area (Å²) in [6.07, 6.45) is 1.34. The molecule has 0 aliphatic carbocycles. The average molecular weight is 429 g/mol. The number of carboxylic acids is 1. The maximum absolute atomic E-state index is 12.3. The smallest absolute Gasteiger partial charge is 0.352 e. The predicted octanol–water partition coefficient (Wildman–Crippen LogP) is 4.83. The molecule has 1 aromatic heterocycles. The fourth-order valence-electron chi connectivity index (χ4n) is 2.46. The van der Waals surface area contributed by atoms with Gasteiger partial charge in [-0.05, 0) is 36.4 Å². The number of carbonyl (C=O) groups excluding carboxylic acids is 1. The number of nitro benzene ring substituents is 1. The van der Waals surface area contributed by atoms with E-state index >= 15 is 0 Å². The molecule has 0 saturated heterocycles. The molecule has 0 saturated carbocycles. The van der Waals surface area contributed by atoms with Gasteiger partial charge in [0.25, 0.3) is 11.6 Å². The van der Waals surface area contributed by atoms with E-state index in [9.17, 15) is 24.8 Å². The number of rotatable bonds is 6. The van der Waals surface area contributed by atoms with E-state index in [0.29, 0.717) is 9.90 Å². The van der Waals surface area contributed by atoms with Crippen molar-refractivity contribution in [1.29, 1.82) is 0 Å². The molecule has 7 nitrogen and oxygen atoms in total. The molecule has 0 radical (unpaired) electrons. The molecule has 3 rings (SSSR count). The van der Waals surface area contributed by atoms with Gasteiger partial charge in [-0.25, -0.2) is 4.79 Å². The summed E-state index contributed by atoms with van der Waals surface area (Å²) in [4.78, 5) is 35.4. The Balaban J connectivity index is 1.82. The molecule has 0 atom stereocenters. The normalized spacial score (nSPS) is 11.1. The molecule has 9 heteroatoms. The third-order valence-electron chi connectivity index (χ3n) is 3.87. The standard InChI is InChI=1S/C20H13ClN2O5S/c21-16-4-2-1-3-15(16)18-10-9-14(29-18)11-17(20(25)26)22-19(24)12-5-7-13(8-6-12)23(27)28/h1-11H,(H,22,24)(H,25,26)/b17-11-. The number of nitrogens with zero attached hydrogens (tertiary/aromatic N) is 1. The number of aliphatic carboxylic acids is 1. The van der Waals surface area contributed by atoms with Crippen LogP contribution in [0.15, 0.2) is 66.4 Å². The summed E-state index contributed by atoms with van der Waals surface area (Å²) in [5, 5.41) is 23.0. The number of carboxylic acid groups (broad SMARTS) is 1. The second-order valence-electron chi connectivity index (χ2n) is 5.80. The van der Waals surface area contributed by atoms with Crippen LogP contribution >= 0.6 is 22.9 Å². The van der Waals surface area contributed by atoms with E-state index in [2.05, 4.69) is 5.32 Å². The predicted molar refractivity (Wildman–Crippen MR) is 111 cm³/mol. The lowest BCUT2D eigenvalue weighted by Gasteiger charge is -2.05. The molecular formula is C20H13ClN2O5S. The molecule has 0 bridgehead atoms. The number of carbonyl (C=O) groups is 2. The molecule has 0 aliphatic rings. The van der Waals surface area contributed by atoms with Gasteiger partial charge in [0, 0.05) is 38.0 Å². The van der Waals surface area contributed by atoms with Gasteiger partial charge < -0.3 is 10.4 Å². The van der Waals surface area contributed by atoms with Crippen LogP contribution in [0.25, 0.3) is 16.5 Å². The number of halogens is 1. The highest BCUT2D eigenvalue weighted by Crippen LogP contribution is 2.33. The first kappa shape index (κ1) is 20.2. The van der Waals surface area contributed by atoms with E-state index in [-0.39, 0.29) is 16.9 Å². The molecule has 0 unspecified atom stereocenters. The summed E-state index contributed by atoms with van der Waals surface area (Å²) in [5.74, 6) is -2.00. The number of benzene rings is 2. The Bertz CT molecular complexity index is 1120. The van der Waals surface area contributed by atoms with E-state index in [1.807, 2.05) is 24.3 Å². The minimum absolute atomic E-state index is 0.102. The van der Waals surface area contributed by atoms with Gasteiger partial charge in [0.1, 0.15) is 5.70 Å². The largest absolute Gasteiger partial charge is 0.477 e. The van der Waals surface area contributed by atoms with Crippen LogP contribution in [0.2, 0.25) is 5.02 Å². The van der Waals surface area contributed by atoms with Crippen LogP contribution in [0, 0.1) is 10.1 Å². The van der Waals surface area contributed by atoms with Gasteiger partial charge in [-0.2, -0.15) is 0 Å². The third-order valence-corrected chi connectivity index (χ3v) is 5.27. The summed E-state index contributed by atoms with van der Waals surface area (Å²) in [6.45, 7) is 0. The summed E-state index contributed by atoms with van der Waals surface area (Å²) in [5.41, 5.74) is 0.443. The Morgan fingerprint density at radius 1 is 1.07 bits per heavy atom. The third kappa shape index (κ3) is 4.87. The fraction of sp³-hybridized carbons (Fsp3) is 0. The molecule has 2 aromatic carbocycles. The van der Waals surface area contributed by atoms with E-state index in [1.54, 1.807) is 12.1 Å². The second kappa shape index (κ2) is 8.68. The van der Waals surface area contributed by atoms with Crippen molar-refractivity contribution in [3.8, 4) is 10.4 Å². The van der Waals surface area contributed by atoms with Gasteiger partial charge >= 0.3 is 5.97 Å². The molecule has 0 aliphatic heterocycles. The molecule has 1 heterocycles. The summed E-state index contributed by atoms with van der Waals surface area (Å²) in [6, 6.07) is 15.7. The van der Waals surface area contributed by atoms with Crippen LogP contribution in [0.3, 0.4) is 0 Å². The Kier molecular flexibility index (Phi) is 6.06. The van der Waals surface area contributed by atoms with E-state index in [1.165, 1.54) is 41.7 Å². The minimum atomic E-state index is -1.31. The van der Waals surface area contributed by atoms with Crippen molar-refractivity contribution in [3.63, 3.8) is 0 Å². The lowest BCUT2D eigenvalue weighted by molar-refractivity contribution is -0.384. The number of nitro groups is 1. The van der Waals surface area contributed by atoms with Crippen molar-refractivity contribution in [2.75, 3.05) is 0 Å². The summed E-state index contributed by atoms with van der Waals surface area (Å²) < 4.78 is 0. The molecule has 0 fully saturated rings. The number of nitrogens with one attached hydrogen (secondary N) is 1. The van der Waals surface area contributed by atoms with Gasteiger partial charge in [0.15, 0.2) is 0 Å². The van der Waals surface area contributed by atoms with Crippen LogP contribution < -0.4 is 5.32 Å². The SMILES string of the molecule is O=C(O)/C(=C/c1ccc(-c2ccccc2Cl)s1)NC(=O)c1ccc([N+](=O)[O-])cc1. The highest BCUT2D eigenvalue weighted by atomic mass is 35.5. The van der Waals surface area contributed by atoms with E-state index < -0.39 is 16.8 Å². The fourth-order valence-corrected chi connectivity index (χ4v) is 3.74. The highest BCUT2D eigenvalue weighted by Gasteiger charge is 2.15. The summed E-state index contributed by atoms with van der Waals surface area (Å²) in [7, 11) is 0. The van der Waals surface area contributed by atoms with Gasteiger partial charge in [-0.1, -0.05) is 29.8 Å². The van der Waals surface area contributed by atoms with Crippen LogP contribution in [-0.2, 0) is 4.79 Å². The molecule has 0 spiro atoms. The first-order valence-corrected chi connectivity index (χ1v) is 9.40. The quantitative estimate of drug-likeness (QED) is 0.332. The zero-order valence-electron chi connectivity index (χ0n) is 14.7. The number of amides is 1. The van der Waals surface area contributed by atoms with Crippen molar-refractivity contribution in [2.45, 2.75) is 0 Å². The molecule has 1 amide bonds. The zero-order chi connectivity index (χ0) is 21.0. The molecule has 29 heavy (non-hydrogen) atoms. The first-order valence-electron chi connectivity index (χ1n) is 8.20. The van der Waals surface area contributed by atoms with Crippen molar-refractivity contribution >= 4 is 46.6 Å². The Labute approximate surface area is 174 Å². The lowest BCUT2D eigenvalue weighted by Crippen LogP contribution is -2.27. The van der Waals surface area contributed by atoms with Gasteiger partial charge in [-0.15, -0.1) is 11.3 Å². The highest BCUT2D eigenvalue weighted by molar-refractivity contribution is 7.16. The van der Waals surface area contributed by atoms with Crippen LogP contribution in [0.4, 0.5) is 5.69 Å². The minimum Gasteiger partial charge on any atom is -0.477 e. The molecule has 146 valence electrons. The number of hydrogen-bond acceptors (Lipinski definition) is 5. The Morgan fingerprint density at radius 2 is 1.76 bits per heavy atom. The van der Waals surface area contributed by atoms with Crippen LogP contribution in [0.1, 0.15) is 15.2 Å². The van der Waals surface area contributed by atoms with Crippen molar-refractivity contribution < 1.29 is 19.6 Å². The van der Waals surface area contributed by atoms with Crippen LogP contribution in [0.5, 0.6) is 0 Å². The average Bonchev–Trinajstić information content (AvgIpc) is 3.16. The number of non-ortho nitro benzene ring substituents is 1. The number of hydrogen-bond donors (Lipinski definition) is 2. The van der Waals surface area contributed by atoms with Crippen molar-refractivity contribution in [1.82, 2.24) is 5.32 Å². The second-order valence-corrected chi connectivity index (χ2v) is 7.33. The zero-order valence-corrected chi connectivity index (χ0v) is 16.2.